The number of nitrogens with two attached hydrogens (primary N) is 1. The summed E-state index contributed by atoms with van der Waals surface area (Å²) >= 11 is 0. The van der Waals surface area contributed by atoms with Crippen molar-refractivity contribution in [2.24, 2.45) is 5.73 Å². The van der Waals surface area contributed by atoms with Gasteiger partial charge in [0.1, 0.15) is 0 Å². The molecular weight excluding hydrogens is 250 g/mol. The van der Waals surface area contributed by atoms with Crippen LogP contribution in [0.2, 0.25) is 0 Å². The second-order valence-electron chi connectivity index (χ2n) is 5.80. The molecule has 106 valence electrons. The number of aryl methyl sites for hydroxylation is 3. The predicted molar refractivity (Wildman–Crippen MR) is 77.2 cm³/mol. The predicted octanol–water partition coefficient (Wildman–Crippen LogP) is 2.89. The lowest BCUT2D eigenvalue weighted by atomic mass is 9.98. The maximum Gasteiger partial charge on any atom is 0.227 e. The lowest BCUT2D eigenvalue weighted by Gasteiger charge is -2.17. The molecule has 0 bridgehead atoms. The Kier molecular flexibility index (Phi) is 3.57. The lowest BCUT2D eigenvalue weighted by Crippen LogP contribution is -2.34. The number of hydrogen-bond donors (Lipinski definition) is 1. The van der Waals surface area contributed by atoms with Crippen LogP contribution < -0.4 is 5.73 Å². The van der Waals surface area contributed by atoms with E-state index in [2.05, 4.69) is 41.3 Å². The van der Waals surface area contributed by atoms with Crippen LogP contribution in [0.4, 0.5) is 0 Å². The molecule has 1 saturated carbocycles. The van der Waals surface area contributed by atoms with Gasteiger partial charge < -0.3 is 10.3 Å². The van der Waals surface area contributed by atoms with Crippen LogP contribution in [0.3, 0.4) is 0 Å². The molecule has 4 nitrogen and oxygen atoms in total. The summed E-state index contributed by atoms with van der Waals surface area (Å²) in [5.74, 6) is 1.38. The quantitative estimate of drug-likeness (QED) is 0.928. The molecule has 0 atom stereocenters. The van der Waals surface area contributed by atoms with E-state index in [9.17, 15) is 0 Å². The summed E-state index contributed by atoms with van der Waals surface area (Å²) in [6.07, 6.45) is 5.93. The molecule has 0 unspecified atom stereocenters. The molecule has 1 aliphatic rings. The van der Waals surface area contributed by atoms with Gasteiger partial charge in [0, 0.05) is 6.42 Å². The van der Waals surface area contributed by atoms with Crippen molar-refractivity contribution in [1.82, 2.24) is 10.1 Å². The van der Waals surface area contributed by atoms with E-state index in [-0.39, 0.29) is 5.54 Å². The Labute approximate surface area is 119 Å². The maximum atomic E-state index is 6.34. The lowest BCUT2D eigenvalue weighted by molar-refractivity contribution is 0.348. The van der Waals surface area contributed by atoms with Crippen molar-refractivity contribution in [2.45, 2.75) is 51.0 Å². The average Bonchev–Trinajstić information content (AvgIpc) is 3.08. The van der Waals surface area contributed by atoms with Crippen LogP contribution >= 0.6 is 0 Å². The Morgan fingerprint density at radius 3 is 2.70 bits per heavy atom. The van der Waals surface area contributed by atoms with E-state index in [1.54, 1.807) is 0 Å². The standard InChI is InChI=1S/C16H21N3O/c1-12-6-2-3-7-13(12)8-9-14-18-15(19-20-14)16(17)10-4-5-11-16/h2-3,6-7H,4-5,8-11,17H2,1H3. The van der Waals surface area contributed by atoms with Gasteiger partial charge in [0.15, 0.2) is 5.82 Å². The van der Waals surface area contributed by atoms with E-state index < -0.39 is 0 Å². The minimum atomic E-state index is -0.357. The number of hydrogen-bond acceptors (Lipinski definition) is 4. The first kappa shape index (κ1) is 13.3. The van der Waals surface area contributed by atoms with Gasteiger partial charge in [0.25, 0.3) is 0 Å². The Morgan fingerprint density at radius 2 is 1.95 bits per heavy atom. The SMILES string of the molecule is Cc1ccccc1CCc1nc(C2(N)CCCC2)no1. The molecule has 0 aliphatic heterocycles. The van der Waals surface area contributed by atoms with Gasteiger partial charge in [0.2, 0.25) is 5.89 Å². The van der Waals surface area contributed by atoms with Gasteiger partial charge in [0.05, 0.1) is 5.54 Å². The first-order valence-corrected chi connectivity index (χ1v) is 7.34. The topological polar surface area (TPSA) is 64.9 Å². The molecule has 1 aromatic heterocycles. The minimum Gasteiger partial charge on any atom is -0.339 e. The summed E-state index contributed by atoms with van der Waals surface area (Å²) in [5, 5.41) is 4.09. The number of aromatic nitrogens is 2. The molecule has 4 heteroatoms. The third-order valence-electron chi connectivity index (χ3n) is 4.28. The van der Waals surface area contributed by atoms with Crippen molar-refractivity contribution in [3.8, 4) is 0 Å². The van der Waals surface area contributed by atoms with Crippen LogP contribution in [0.1, 0.15) is 48.5 Å². The molecule has 2 N–H and O–H groups in total. The van der Waals surface area contributed by atoms with Crippen LogP contribution in [0, 0.1) is 6.92 Å². The molecule has 20 heavy (non-hydrogen) atoms. The van der Waals surface area contributed by atoms with Gasteiger partial charge in [-0.1, -0.05) is 42.3 Å². The molecular formula is C16H21N3O. The number of rotatable bonds is 4. The zero-order valence-corrected chi connectivity index (χ0v) is 11.9. The first-order valence-electron chi connectivity index (χ1n) is 7.34. The molecule has 3 rings (SSSR count). The van der Waals surface area contributed by atoms with Crippen molar-refractivity contribution < 1.29 is 4.52 Å². The fourth-order valence-electron chi connectivity index (χ4n) is 2.92. The van der Waals surface area contributed by atoms with Gasteiger partial charge in [-0.3, -0.25) is 0 Å². The number of nitrogens with zero attached hydrogens (tertiary/aromatic N) is 2. The summed E-state index contributed by atoms with van der Waals surface area (Å²) in [6.45, 7) is 2.13. The first-order chi connectivity index (χ1) is 9.67. The summed E-state index contributed by atoms with van der Waals surface area (Å²) in [6, 6.07) is 8.40. The highest BCUT2D eigenvalue weighted by Crippen LogP contribution is 2.34. The summed E-state index contributed by atoms with van der Waals surface area (Å²) in [5.41, 5.74) is 8.62. The Morgan fingerprint density at radius 1 is 1.20 bits per heavy atom. The van der Waals surface area contributed by atoms with Gasteiger partial charge in [-0.05, 0) is 37.3 Å². The molecule has 0 radical (unpaired) electrons. The Bertz CT molecular complexity index is 585. The summed E-state index contributed by atoms with van der Waals surface area (Å²) < 4.78 is 5.36. The molecule has 0 spiro atoms. The Hall–Kier alpha value is -1.68. The molecule has 1 aromatic carbocycles. The maximum absolute atomic E-state index is 6.34. The van der Waals surface area contributed by atoms with E-state index in [4.69, 9.17) is 10.3 Å². The van der Waals surface area contributed by atoms with Crippen molar-refractivity contribution >= 4 is 0 Å². The smallest absolute Gasteiger partial charge is 0.227 e. The van der Waals surface area contributed by atoms with Gasteiger partial charge >= 0.3 is 0 Å². The van der Waals surface area contributed by atoms with Gasteiger partial charge in [-0.25, -0.2) is 0 Å². The van der Waals surface area contributed by atoms with Crippen LogP contribution in [0.15, 0.2) is 28.8 Å². The van der Waals surface area contributed by atoms with E-state index in [0.29, 0.717) is 11.7 Å². The van der Waals surface area contributed by atoms with Crippen LogP contribution in [-0.4, -0.2) is 10.1 Å². The van der Waals surface area contributed by atoms with E-state index >= 15 is 0 Å². The molecule has 2 aromatic rings. The van der Waals surface area contributed by atoms with E-state index in [1.165, 1.54) is 11.1 Å². The number of benzene rings is 1. The highest BCUT2D eigenvalue weighted by molar-refractivity contribution is 5.25. The normalized spacial score (nSPS) is 17.5. The van der Waals surface area contributed by atoms with Crippen molar-refractivity contribution in [2.75, 3.05) is 0 Å². The summed E-state index contributed by atoms with van der Waals surface area (Å²) in [4.78, 5) is 4.51. The van der Waals surface area contributed by atoms with Crippen LogP contribution in [0.5, 0.6) is 0 Å². The third kappa shape index (κ3) is 2.61. The zero-order chi connectivity index (χ0) is 14.0. The molecule has 1 heterocycles. The fraction of sp³-hybridized carbons (Fsp3) is 0.500. The Balaban J connectivity index is 1.67. The molecule has 1 aliphatic carbocycles. The largest absolute Gasteiger partial charge is 0.339 e. The van der Waals surface area contributed by atoms with Crippen LogP contribution in [0.25, 0.3) is 0 Å². The highest BCUT2D eigenvalue weighted by Gasteiger charge is 2.35. The van der Waals surface area contributed by atoms with Gasteiger partial charge in [-0.15, -0.1) is 0 Å². The van der Waals surface area contributed by atoms with Crippen LogP contribution in [-0.2, 0) is 18.4 Å². The molecule has 0 saturated heterocycles. The second-order valence-corrected chi connectivity index (χ2v) is 5.80. The fourth-order valence-corrected chi connectivity index (χ4v) is 2.92. The summed E-state index contributed by atoms with van der Waals surface area (Å²) in [7, 11) is 0. The second kappa shape index (κ2) is 5.37. The zero-order valence-electron chi connectivity index (χ0n) is 11.9. The third-order valence-corrected chi connectivity index (χ3v) is 4.28. The molecule has 1 fully saturated rings. The minimum absolute atomic E-state index is 0.357. The van der Waals surface area contributed by atoms with Crippen molar-refractivity contribution in [1.29, 1.82) is 0 Å². The van der Waals surface area contributed by atoms with Crippen molar-refractivity contribution in [3.63, 3.8) is 0 Å². The average molecular weight is 271 g/mol. The molecule has 0 amide bonds. The highest BCUT2D eigenvalue weighted by atomic mass is 16.5. The van der Waals surface area contributed by atoms with E-state index in [0.717, 1.165) is 38.5 Å². The van der Waals surface area contributed by atoms with Gasteiger partial charge in [-0.2, -0.15) is 4.98 Å². The van der Waals surface area contributed by atoms with Crippen molar-refractivity contribution in [3.05, 3.63) is 47.1 Å². The van der Waals surface area contributed by atoms with E-state index in [1.807, 2.05) is 0 Å². The monoisotopic (exact) mass is 271 g/mol.